The Bertz CT molecular complexity index is 1080. The van der Waals surface area contributed by atoms with Crippen LogP contribution in [-0.4, -0.2) is 61.2 Å². The molecule has 0 spiro atoms. The van der Waals surface area contributed by atoms with Gasteiger partial charge in [0.15, 0.2) is 5.78 Å². The summed E-state index contributed by atoms with van der Waals surface area (Å²) in [4.78, 5) is 25.6. The van der Waals surface area contributed by atoms with E-state index in [1.54, 1.807) is 6.92 Å². The Labute approximate surface area is 206 Å². The molecule has 0 radical (unpaired) electrons. The number of fused-ring (bicyclic) bond motifs is 5. The molecule has 9 atom stereocenters. The molecule has 0 amide bonds. The van der Waals surface area contributed by atoms with Crippen LogP contribution in [0.3, 0.4) is 0 Å². The first-order chi connectivity index (χ1) is 16.1. The van der Waals surface area contributed by atoms with Gasteiger partial charge in [0, 0.05) is 17.4 Å². The van der Waals surface area contributed by atoms with Gasteiger partial charge in [-0.05, 0) is 89.4 Å². The molecule has 5 aliphatic rings. The molecule has 5 rings (SSSR count). The van der Waals surface area contributed by atoms with E-state index >= 15 is 0 Å². The average molecular weight is 487 g/mol. The van der Waals surface area contributed by atoms with Crippen molar-refractivity contribution in [2.75, 3.05) is 0 Å². The van der Waals surface area contributed by atoms with Crippen LogP contribution in [0.1, 0.15) is 73.1 Å². The summed E-state index contributed by atoms with van der Waals surface area (Å²) in [5.74, 6) is -1.08. The highest BCUT2D eigenvalue weighted by atomic mass is 16.6. The number of cyclic esters (lactones) is 1. The Balaban J connectivity index is 1.54. The van der Waals surface area contributed by atoms with E-state index in [1.165, 1.54) is 19.1 Å². The van der Waals surface area contributed by atoms with Gasteiger partial charge in [-0.15, -0.1) is 0 Å². The lowest BCUT2D eigenvalue weighted by atomic mass is 9.44. The minimum Gasteiger partial charge on any atom is -0.455 e. The monoisotopic (exact) mass is 486 g/mol. The number of allylic oxidation sites excluding steroid dienone is 2. The average Bonchev–Trinajstić information content (AvgIpc) is 3.02. The quantitative estimate of drug-likeness (QED) is 0.349. The molecule has 4 aliphatic carbocycles. The molecule has 192 valence electrons. The van der Waals surface area contributed by atoms with Crippen molar-refractivity contribution in [1.29, 1.82) is 0 Å². The molecule has 0 aromatic heterocycles. The highest BCUT2D eigenvalue weighted by molar-refractivity contribution is 5.99. The molecule has 1 aliphatic heterocycles. The maximum absolute atomic E-state index is 13.1. The standard InChI is InChI=1S/C28H38O7/c1-15-14-22(35-23(31)16(15)2)26(5,32)28(34)13-12-27(33)18-6-7-19-20(29)8-9-21(30)25(19,4)17(18)10-11-24(27,28)3/h7-9,17-18,20,22,29,32-34H,6,10-14H2,1-5H3. The van der Waals surface area contributed by atoms with Crippen LogP contribution in [0.25, 0.3) is 0 Å². The van der Waals surface area contributed by atoms with Crippen molar-refractivity contribution in [2.24, 2.45) is 22.7 Å². The summed E-state index contributed by atoms with van der Waals surface area (Å²) in [7, 11) is 0. The van der Waals surface area contributed by atoms with Gasteiger partial charge >= 0.3 is 5.97 Å². The molecule has 4 N–H and O–H groups in total. The van der Waals surface area contributed by atoms with Gasteiger partial charge in [0.2, 0.25) is 0 Å². The van der Waals surface area contributed by atoms with Gasteiger partial charge in [-0.3, -0.25) is 4.79 Å². The van der Waals surface area contributed by atoms with Crippen molar-refractivity contribution >= 4 is 11.8 Å². The van der Waals surface area contributed by atoms with E-state index in [4.69, 9.17) is 4.74 Å². The van der Waals surface area contributed by atoms with Crippen molar-refractivity contribution in [3.8, 4) is 0 Å². The second-order valence-corrected chi connectivity index (χ2v) is 12.3. The summed E-state index contributed by atoms with van der Waals surface area (Å²) in [5, 5.41) is 47.1. The zero-order valence-corrected chi connectivity index (χ0v) is 21.3. The summed E-state index contributed by atoms with van der Waals surface area (Å²) in [6.45, 7) is 8.75. The van der Waals surface area contributed by atoms with Crippen LogP contribution in [0, 0.1) is 22.7 Å². The van der Waals surface area contributed by atoms with Crippen molar-refractivity contribution in [2.45, 2.75) is 102 Å². The number of hydrogen-bond acceptors (Lipinski definition) is 7. The lowest BCUT2D eigenvalue weighted by Crippen LogP contribution is -2.72. The third-order valence-corrected chi connectivity index (χ3v) is 11.1. The SMILES string of the molecule is CC1=C(C)C(=O)OC(C(C)(O)C2(O)CCC3(O)C4CC=C5C(O)C=CC(=O)C5(C)C4CCC32C)C1. The van der Waals surface area contributed by atoms with Gasteiger partial charge in [-0.2, -0.15) is 0 Å². The van der Waals surface area contributed by atoms with Gasteiger partial charge in [-0.25, -0.2) is 4.79 Å². The Morgan fingerprint density at radius 2 is 1.77 bits per heavy atom. The van der Waals surface area contributed by atoms with Crippen molar-refractivity contribution in [3.63, 3.8) is 0 Å². The summed E-state index contributed by atoms with van der Waals surface area (Å²) in [6, 6.07) is 0. The molecule has 0 saturated heterocycles. The van der Waals surface area contributed by atoms with E-state index in [0.29, 0.717) is 36.8 Å². The molecule has 1 heterocycles. The minimum absolute atomic E-state index is 0.0667. The van der Waals surface area contributed by atoms with Crippen LogP contribution >= 0.6 is 0 Å². The predicted molar refractivity (Wildman–Crippen MR) is 128 cm³/mol. The molecule has 9 unspecified atom stereocenters. The fraction of sp³-hybridized carbons (Fsp3) is 0.714. The molecule has 35 heavy (non-hydrogen) atoms. The lowest BCUT2D eigenvalue weighted by molar-refractivity contribution is -0.279. The van der Waals surface area contributed by atoms with E-state index in [0.717, 1.165) is 5.57 Å². The van der Waals surface area contributed by atoms with Crippen LogP contribution in [0.5, 0.6) is 0 Å². The van der Waals surface area contributed by atoms with Crippen molar-refractivity contribution in [3.05, 3.63) is 34.9 Å². The molecule has 7 heteroatoms. The highest BCUT2D eigenvalue weighted by Crippen LogP contribution is 2.70. The topological polar surface area (TPSA) is 124 Å². The maximum atomic E-state index is 13.1. The summed E-state index contributed by atoms with van der Waals surface area (Å²) in [5.41, 5.74) is -4.81. The Morgan fingerprint density at radius 1 is 1.09 bits per heavy atom. The molecule has 0 aromatic rings. The van der Waals surface area contributed by atoms with E-state index < -0.39 is 45.8 Å². The first-order valence-corrected chi connectivity index (χ1v) is 12.8. The van der Waals surface area contributed by atoms with Crippen LogP contribution in [0.2, 0.25) is 0 Å². The number of esters is 1. The molecular formula is C28H38O7. The number of ketones is 1. The summed E-state index contributed by atoms with van der Waals surface area (Å²) < 4.78 is 5.61. The van der Waals surface area contributed by atoms with Crippen LogP contribution < -0.4 is 0 Å². The van der Waals surface area contributed by atoms with Crippen LogP contribution in [0.15, 0.2) is 34.9 Å². The zero-order chi connectivity index (χ0) is 25.8. The number of carbonyl (C=O) groups excluding carboxylic acids is 2. The Hall–Kier alpha value is -1.80. The normalized spacial score (nSPS) is 49.0. The third-order valence-electron chi connectivity index (χ3n) is 11.1. The van der Waals surface area contributed by atoms with E-state index in [-0.39, 0.29) is 30.5 Å². The number of rotatable bonds is 2. The maximum Gasteiger partial charge on any atom is 0.334 e. The van der Waals surface area contributed by atoms with Crippen molar-refractivity contribution < 1.29 is 34.8 Å². The smallest absolute Gasteiger partial charge is 0.334 e. The van der Waals surface area contributed by atoms with Gasteiger partial charge in [-0.1, -0.05) is 18.6 Å². The summed E-state index contributed by atoms with van der Waals surface area (Å²) in [6.07, 6.45) is 5.28. The van der Waals surface area contributed by atoms with E-state index in [2.05, 4.69) is 0 Å². The molecule has 0 aromatic carbocycles. The number of ether oxygens (including phenoxy) is 1. The fourth-order valence-electron chi connectivity index (χ4n) is 8.47. The number of aliphatic hydroxyl groups is 4. The summed E-state index contributed by atoms with van der Waals surface area (Å²) >= 11 is 0. The largest absolute Gasteiger partial charge is 0.455 e. The fourth-order valence-corrected chi connectivity index (χ4v) is 8.47. The number of carbonyl (C=O) groups is 2. The van der Waals surface area contributed by atoms with Gasteiger partial charge < -0.3 is 25.2 Å². The second-order valence-electron chi connectivity index (χ2n) is 12.3. The van der Waals surface area contributed by atoms with Crippen LogP contribution in [0.4, 0.5) is 0 Å². The number of aliphatic hydroxyl groups excluding tert-OH is 1. The van der Waals surface area contributed by atoms with Crippen LogP contribution in [-0.2, 0) is 14.3 Å². The van der Waals surface area contributed by atoms with Gasteiger partial charge in [0.05, 0.1) is 17.1 Å². The molecule has 7 nitrogen and oxygen atoms in total. The molecule has 2 fully saturated rings. The molecular weight excluding hydrogens is 448 g/mol. The number of hydrogen-bond donors (Lipinski definition) is 4. The van der Waals surface area contributed by atoms with E-state index in [9.17, 15) is 30.0 Å². The first kappa shape index (κ1) is 24.9. The van der Waals surface area contributed by atoms with Gasteiger partial charge in [0.25, 0.3) is 0 Å². The zero-order valence-electron chi connectivity index (χ0n) is 21.3. The second kappa shape index (κ2) is 7.37. The Morgan fingerprint density at radius 3 is 2.43 bits per heavy atom. The Kier molecular flexibility index (Phi) is 5.24. The molecule has 2 saturated carbocycles. The van der Waals surface area contributed by atoms with Gasteiger partial charge in [0.1, 0.15) is 17.3 Å². The third kappa shape index (κ3) is 2.81. The lowest BCUT2D eigenvalue weighted by Gasteiger charge is -2.63. The highest BCUT2D eigenvalue weighted by Gasteiger charge is 2.76. The van der Waals surface area contributed by atoms with E-state index in [1.807, 2.05) is 26.8 Å². The van der Waals surface area contributed by atoms with Crippen molar-refractivity contribution in [1.82, 2.24) is 0 Å². The first-order valence-electron chi connectivity index (χ1n) is 12.8. The molecule has 0 bridgehead atoms. The predicted octanol–water partition coefficient (Wildman–Crippen LogP) is 2.51. The minimum atomic E-state index is -1.80.